The number of benzene rings is 2. The number of aromatic nitrogens is 3. The van der Waals surface area contributed by atoms with Gasteiger partial charge in [0.25, 0.3) is 10.0 Å². The van der Waals surface area contributed by atoms with E-state index in [2.05, 4.69) is 15.0 Å². The van der Waals surface area contributed by atoms with E-state index in [4.69, 9.17) is 0 Å². The lowest BCUT2D eigenvalue weighted by Crippen LogP contribution is -2.18. The molecule has 0 aliphatic rings. The highest BCUT2D eigenvalue weighted by molar-refractivity contribution is 7.92. The topological polar surface area (TPSA) is 93.9 Å². The molecule has 0 amide bonds. The van der Waals surface area contributed by atoms with E-state index >= 15 is 0 Å². The smallest absolute Gasteiger partial charge is 0.263 e. The van der Waals surface area contributed by atoms with Crippen molar-refractivity contribution in [1.29, 1.82) is 0 Å². The average molecular weight is 356 g/mol. The number of hydrogen-bond acceptors (Lipinski definition) is 5. The van der Waals surface area contributed by atoms with Gasteiger partial charge in [0.1, 0.15) is 0 Å². The number of carbonyl (C=O) groups is 1. The number of aryl methyl sites for hydroxylation is 2. The minimum atomic E-state index is -3.86. The number of sulfonamides is 1. The summed E-state index contributed by atoms with van der Waals surface area (Å²) in [5, 5.41) is 7.59. The quantitative estimate of drug-likeness (QED) is 0.707. The number of ketones is 1. The first-order valence-corrected chi connectivity index (χ1v) is 8.96. The average Bonchev–Trinajstić information content (AvgIpc) is 2.95. The molecule has 0 atom stereocenters. The molecule has 0 aliphatic carbocycles. The summed E-state index contributed by atoms with van der Waals surface area (Å²) in [7, 11) is -2.35. The largest absolute Gasteiger partial charge is 0.287 e. The first-order chi connectivity index (χ1) is 11.9. The Morgan fingerprint density at radius 2 is 1.68 bits per heavy atom. The number of nitrogens with zero attached hydrogens (tertiary/aromatic N) is 3. The molecule has 8 heteroatoms. The summed E-state index contributed by atoms with van der Waals surface area (Å²) in [6.45, 7) is 1.87. The van der Waals surface area contributed by atoms with E-state index in [0.29, 0.717) is 5.56 Å². The highest BCUT2D eigenvalue weighted by Gasteiger charge is 2.24. The van der Waals surface area contributed by atoms with Crippen LogP contribution in [-0.4, -0.2) is 29.2 Å². The Labute approximate surface area is 145 Å². The van der Waals surface area contributed by atoms with E-state index < -0.39 is 15.8 Å². The molecule has 0 saturated heterocycles. The number of hydrogen-bond donors (Lipinski definition) is 1. The van der Waals surface area contributed by atoms with Crippen LogP contribution in [0.5, 0.6) is 0 Å². The van der Waals surface area contributed by atoms with Crippen molar-refractivity contribution in [2.24, 2.45) is 7.05 Å². The predicted octanol–water partition coefficient (Wildman–Crippen LogP) is 2.16. The van der Waals surface area contributed by atoms with Crippen LogP contribution in [0, 0.1) is 6.92 Å². The van der Waals surface area contributed by atoms with Gasteiger partial charge in [-0.2, -0.15) is 0 Å². The third-order valence-corrected chi connectivity index (χ3v) is 5.00. The van der Waals surface area contributed by atoms with Crippen LogP contribution >= 0.6 is 0 Å². The van der Waals surface area contributed by atoms with Gasteiger partial charge in [-0.05, 0) is 19.1 Å². The lowest BCUT2D eigenvalue weighted by molar-refractivity contribution is 0.103. The van der Waals surface area contributed by atoms with Crippen molar-refractivity contribution in [3.63, 3.8) is 0 Å². The molecule has 0 aliphatic heterocycles. The van der Waals surface area contributed by atoms with E-state index in [1.54, 1.807) is 42.5 Å². The maximum Gasteiger partial charge on any atom is 0.263 e. The van der Waals surface area contributed by atoms with Crippen molar-refractivity contribution >= 4 is 21.6 Å². The maximum absolute atomic E-state index is 12.6. The highest BCUT2D eigenvalue weighted by atomic mass is 32.2. The Morgan fingerprint density at radius 1 is 1.04 bits per heavy atom. The van der Waals surface area contributed by atoms with Gasteiger partial charge in [0.05, 0.1) is 4.90 Å². The van der Waals surface area contributed by atoms with Crippen LogP contribution in [0.15, 0.2) is 59.5 Å². The summed E-state index contributed by atoms with van der Waals surface area (Å²) < 4.78 is 28.8. The molecule has 0 fully saturated rings. The fraction of sp³-hybridized carbons (Fsp3) is 0.118. The second kappa shape index (κ2) is 6.48. The van der Waals surface area contributed by atoms with E-state index in [0.717, 1.165) is 5.56 Å². The molecule has 2 aromatic carbocycles. The van der Waals surface area contributed by atoms with Gasteiger partial charge >= 0.3 is 0 Å². The standard InChI is InChI=1S/C17H16N4O3S/c1-12-8-10-14(11-9-12)25(23,24)19-17-15(18-20-21(17)2)16(22)13-6-4-3-5-7-13/h3-11,19H,1-2H3. The molecule has 0 unspecified atom stereocenters. The molecular formula is C17H16N4O3S. The van der Waals surface area contributed by atoms with Gasteiger partial charge in [0.15, 0.2) is 11.5 Å². The van der Waals surface area contributed by atoms with E-state index in [1.165, 1.54) is 23.9 Å². The predicted molar refractivity (Wildman–Crippen MR) is 92.9 cm³/mol. The number of rotatable bonds is 5. The zero-order chi connectivity index (χ0) is 18.0. The fourth-order valence-corrected chi connectivity index (χ4v) is 3.35. The van der Waals surface area contributed by atoms with Crippen LogP contribution in [0.2, 0.25) is 0 Å². The molecule has 128 valence electrons. The summed E-state index contributed by atoms with van der Waals surface area (Å²) in [5.41, 5.74) is 1.30. The van der Waals surface area contributed by atoms with Crippen LogP contribution in [0.1, 0.15) is 21.6 Å². The van der Waals surface area contributed by atoms with Gasteiger partial charge in [-0.1, -0.05) is 53.2 Å². The second-order valence-corrected chi connectivity index (χ2v) is 7.21. The Morgan fingerprint density at radius 3 is 2.32 bits per heavy atom. The monoisotopic (exact) mass is 356 g/mol. The molecule has 25 heavy (non-hydrogen) atoms. The zero-order valence-corrected chi connectivity index (χ0v) is 14.5. The van der Waals surface area contributed by atoms with Crippen molar-refractivity contribution in [1.82, 2.24) is 15.0 Å². The second-order valence-electron chi connectivity index (χ2n) is 5.52. The number of carbonyl (C=O) groups excluding carboxylic acids is 1. The van der Waals surface area contributed by atoms with Crippen LogP contribution in [0.4, 0.5) is 5.82 Å². The summed E-state index contributed by atoms with van der Waals surface area (Å²) in [5.74, 6) is -0.385. The van der Waals surface area contributed by atoms with Crippen molar-refractivity contribution in [3.8, 4) is 0 Å². The van der Waals surface area contributed by atoms with Crippen LogP contribution < -0.4 is 4.72 Å². The molecule has 1 aromatic heterocycles. The third-order valence-electron chi connectivity index (χ3n) is 3.64. The molecule has 0 radical (unpaired) electrons. The molecule has 0 saturated carbocycles. The maximum atomic E-state index is 12.6. The van der Waals surface area contributed by atoms with Crippen molar-refractivity contribution in [2.75, 3.05) is 4.72 Å². The SMILES string of the molecule is Cc1ccc(S(=O)(=O)Nc2c(C(=O)c3ccccc3)nnn2C)cc1. The Bertz CT molecular complexity index is 1010. The van der Waals surface area contributed by atoms with Crippen LogP contribution in [0.25, 0.3) is 0 Å². The minimum Gasteiger partial charge on any atom is -0.287 e. The lowest BCUT2D eigenvalue weighted by Gasteiger charge is -2.09. The molecule has 1 heterocycles. The van der Waals surface area contributed by atoms with Gasteiger partial charge in [0, 0.05) is 12.6 Å². The molecule has 1 N–H and O–H groups in total. The van der Waals surface area contributed by atoms with E-state index in [9.17, 15) is 13.2 Å². The zero-order valence-electron chi connectivity index (χ0n) is 13.7. The molecule has 7 nitrogen and oxygen atoms in total. The first-order valence-electron chi connectivity index (χ1n) is 7.47. The molecule has 3 rings (SSSR count). The van der Waals surface area contributed by atoms with E-state index in [-0.39, 0.29) is 16.4 Å². The molecule has 3 aromatic rings. The van der Waals surface area contributed by atoms with Crippen molar-refractivity contribution in [2.45, 2.75) is 11.8 Å². The Balaban J connectivity index is 1.97. The molecule has 0 spiro atoms. The van der Waals surface area contributed by atoms with Gasteiger partial charge < -0.3 is 0 Å². The number of nitrogens with one attached hydrogen (secondary N) is 1. The fourth-order valence-electron chi connectivity index (χ4n) is 2.25. The first kappa shape index (κ1) is 16.8. The Kier molecular flexibility index (Phi) is 4.37. The van der Waals surface area contributed by atoms with Gasteiger partial charge in [-0.15, -0.1) is 5.10 Å². The normalized spacial score (nSPS) is 11.3. The van der Waals surface area contributed by atoms with Crippen LogP contribution in [0.3, 0.4) is 0 Å². The van der Waals surface area contributed by atoms with Crippen LogP contribution in [-0.2, 0) is 17.1 Å². The van der Waals surface area contributed by atoms with E-state index in [1.807, 2.05) is 6.92 Å². The lowest BCUT2D eigenvalue weighted by atomic mass is 10.1. The van der Waals surface area contributed by atoms with Crippen molar-refractivity contribution in [3.05, 3.63) is 71.4 Å². The van der Waals surface area contributed by atoms with Crippen molar-refractivity contribution < 1.29 is 13.2 Å². The van der Waals surface area contributed by atoms with Gasteiger partial charge in [0.2, 0.25) is 5.78 Å². The van der Waals surface area contributed by atoms with Gasteiger partial charge in [-0.3, -0.25) is 9.52 Å². The highest BCUT2D eigenvalue weighted by Crippen LogP contribution is 2.20. The summed E-state index contributed by atoms with van der Waals surface area (Å²) >= 11 is 0. The molecule has 0 bridgehead atoms. The Hall–Kier alpha value is -3.00. The minimum absolute atomic E-state index is 0.0226. The van der Waals surface area contributed by atoms with Gasteiger partial charge in [-0.25, -0.2) is 13.1 Å². The summed E-state index contributed by atoms with van der Waals surface area (Å²) in [6, 6.07) is 14.9. The number of anilines is 1. The molecular weight excluding hydrogens is 340 g/mol. The summed E-state index contributed by atoms with van der Waals surface area (Å²) in [4.78, 5) is 12.7. The third kappa shape index (κ3) is 3.43. The summed E-state index contributed by atoms with van der Waals surface area (Å²) in [6.07, 6.45) is 0.